The number of nitrogens with zero attached hydrogens (tertiary/aromatic N) is 2. The molecule has 0 bridgehead atoms. The monoisotopic (exact) mass is 346 g/mol. The normalized spacial score (nSPS) is 41.3. The summed E-state index contributed by atoms with van der Waals surface area (Å²) < 4.78 is 0. The molecule has 0 spiro atoms. The Balaban J connectivity index is 1.50. The number of rotatable bonds is 1. The minimum atomic E-state index is 0.176. The maximum Gasteiger partial charge on any atom is 0.115 e. The first-order chi connectivity index (χ1) is 12.5. The molecule has 2 nitrogen and oxygen atoms in total. The van der Waals surface area contributed by atoms with Crippen molar-refractivity contribution in [2.75, 3.05) is 0 Å². The van der Waals surface area contributed by atoms with Crippen LogP contribution in [0.4, 0.5) is 0 Å². The molecular weight excluding hydrogens is 316 g/mol. The molecule has 1 aromatic heterocycles. The molecule has 5 rings (SSSR count). The maximum absolute atomic E-state index is 4.27. The molecule has 26 heavy (non-hydrogen) atoms. The fraction of sp³-hybridized carbons (Fsp3) is 0.583. The predicted molar refractivity (Wildman–Crippen MR) is 106 cm³/mol. The molecule has 4 aliphatic carbocycles. The third-order valence-electron chi connectivity index (χ3n) is 8.27. The van der Waals surface area contributed by atoms with Crippen molar-refractivity contribution >= 4 is 5.57 Å². The zero-order valence-corrected chi connectivity index (χ0v) is 16.3. The Bertz CT molecular complexity index is 818. The molecule has 5 atom stereocenters. The highest BCUT2D eigenvalue weighted by atomic mass is 14.8. The van der Waals surface area contributed by atoms with Crippen molar-refractivity contribution in [3.8, 4) is 0 Å². The molecule has 4 aliphatic rings. The molecule has 0 N–H and O–H groups in total. The summed E-state index contributed by atoms with van der Waals surface area (Å²) in [6, 6.07) is 0. The van der Waals surface area contributed by atoms with Crippen LogP contribution in [0.2, 0.25) is 0 Å². The van der Waals surface area contributed by atoms with Gasteiger partial charge in [-0.05, 0) is 67.3 Å². The first-order valence-electron chi connectivity index (χ1n) is 10.4. The van der Waals surface area contributed by atoms with Gasteiger partial charge in [-0.3, -0.25) is 0 Å². The summed E-state index contributed by atoms with van der Waals surface area (Å²) in [5, 5.41) is 0. The van der Waals surface area contributed by atoms with Crippen LogP contribution in [0.25, 0.3) is 5.57 Å². The third kappa shape index (κ3) is 2.17. The van der Waals surface area contributed by atoms with Crippen LogP contribution in [0, 0.1) is 28.6 Å². The van der Waals surface area contributed by atoms with Gasteiger partial charge in [-0.25, -0.2) is 9.97 Å². The summed E-state index contributed by atoms with van der Waals surface area (Å²) in [6.07, 6.45) is 21.0. The lowest BCUT2D eigenvalue weighted by Crippen LogP contribution is -2.46. The van der Waals surface area contributed by atoms with Gasteiger partial charge in [-0.15, -0.1) is 0 Å². The molecule has 0 aromatic carbocycles. The molecule has 136 valence electrons. The molecule has 1 aromatic rings. The number of hydrogen-bond acceptors (Lipinski definition) is 2. The number of aromatic nitrogens is 2. The highest BCUT2D eigenvalue weighted by Gasteiger charge is 2.53. The van der Waals surface area contributed by atoms with Crippen molar-refractivity contribution in [1.82, 2.24) is 9.97 Å². The van der Waals surface area contributed by atoms with Crippen molar-refractivity contribution in [3.63, 3.8) is 0 Å². The Morgan fingerprint density at radius 1 is 1.04 bits per heavy atom. The second-order valence-corrected chi connectivity index (χ2v) is 9.64. The van der Waals surface area contributed by atoms with Gasteiger partial charge in [0.05, 0.1) is 0 Å². The van der Waals surface area contributed by atoms with Crippen LogP contribution in [0.1, 0.15) is 64.9 Å². The second-order valence-electron chi connectivity index (χ2n) is 9.64. The SMILES string of the molecule is C[C@H]1CC[C@@]2(C)C(=CC[C@H]3C4=CC=C(c5cncnc5)[C@@]4(C)CC[C@@H]32)C1. The van der Waals surface area contributed by atoms with Gasteiger partial charge in [0.25, 0.3) is 0 Å². The number of fused-ring (bicyclic) bond motifs is 5. The van der Waals surface area contributed by atoms with E-state index in [0.29, 0.717) is 11.3 Å². The molecule has 0 amide bonds. The summed E-state index contributed by atoms with van der Waals surface area (Å²) in [5.74, 6) is 2.42. The highest BCUT2D eigenvalue weighted by molar-refractivity contribution is 5.77. The summed E-state index contributed by atoms with van der Waals surface area (Å²) >= 11 is 0. The van der Waals surface area contributed by atoms with E-state index >= 15 is 0 Å². The van der Waals surface area contributed by atoms with E-state index in [2.05, 4.69) is 49.0 Å². The van der Waals surface area contributed by atoms with Gasteiger partial charge in [0.2, 0.25) is 0 Å². The van der Waals surface area contributed by atoms with Crippen molar-refractivity contribution in [2.24, 2.45) is 28.6 Å². The van der Waals surface area contributed by atoms with Gasteiger partial charge in [0, 0.05) is 23.4 Å². The van der Waals surface area contributed by atoms with E-state index in [4.69, 9.17) is 0 Å². The standard InChI is InChI=1S/C24H30N2/c1-16-8-10-23(2)18(12-16)4-5-19-21-7-6-20(17-13-25-15-26-14-17)24(21,3)11-9-22(19)23/h4,6-7,13-16,19,22H,5,8-12H2,1-3H3/t16-,19-,22-,23-,24+/m0/s1. The maximum atomic E-state index is 4.27. The van der Waals surface area contributed by atoms with Crippen molar-refractivity contribution in [3.05, 3.63) is 53.7 Å². The smallest absolute Gasteiger partial charge is 0.115 e. The Kier molecular flexibility index (Phi) is 3.58. The minimum absolute atomic E-state index is 0.176. The van der Waals surface area contributed by atoms with Crippen LogP contribution >= 0.6 is 0 Å². The average Bonchev–Trinajstić information content (AvgIpc) is 3.00. The van der Waals surface area contributed by atoms with E-state index in [1.807, 2.05) is 12.4 Å². The van der Waals surface area contributed by atoms with E-state index in [1.54, 1.807) is 17.5 Å². The van der Waals surface area contributed by atoms with Gasteiger partial charge in [0.1, 0.15) is 6.33 Å². The van der Waals surface area contributed by atoms with Crippen LogP contribution in [0.3, 0.4) is 0 Å². The van der Waals surface area contributed by atoms with Crippen molar-refractivity contribution < 1.29 is 0 Å². The third-order valence-corrected chi connectivity index (χ3v) is 8.27. The summed E-state index contributed by atoms with van der Waals surface area (Å²) in [7, 11) is 0. The molecule has 0 unspecified atom stereocenters. The molecule has 0 saturated heterocycles. The Hall–Kier alpha value is -1.70. The summed E-state index contributed by atoms with van der Waals surface area (Å²) in [6.45, 7) is 7.48. The van der Waals surface area contributed by atoms with Gasteiger partial charge < -0.3 is 0 Å². The number of allylic oxidation sites excluding steroid dienone is 6. The lowest BCUT2D eigenvalue weighted by atomic mass is 9.48. The van der Waals surface area contributed by atoms with Gasteiger partial charge in [-0.2, -0.15) is 0 Å². The van der Waals surface area contributed by atoms with Gasteiger partial charge in [-0.1, -0.05) is 50.1 Å². The van der Waals surface area contributed by atoms with E-state index in [0.717, 1.165) is 11.8 Å². The Morgan fingerprint density at radius 3 is 2.65 bits per heavy atom. The predicted octanol–water partition coefficient (Wildman–Crippen LogP) is 5.99. The van der Waals surface area contributed by atoms with Crippen molar-refractivity contribution in [1.29, 1.82) is 0 Å². The zero-order chi connectivity index (χ0) is 17.9. The van der Waals surface area contributed by atoms with Crippen molar-refractivity contribution in [2.45, 2.75) is 59.3 Å². The van der Waals surface area contributed by atoms with Crippen LogP contribution in [0.5, 0.6) is 0 Å². The second kappa shape index (κ2) is 5.65. The largest absolute Gasteiger partial charge is 0.244 e. The highest BCUT2D eigenvalue weighted by Crippen LogP contribution is 2.65. The van der Waals surface area contributed by atoms with E-state index in [9.17, 15) is 0 Å². The molecule has 2 fully saturated rings. The van der Waals surface area contributed by atoms with Crippen LogP contribution in [0.15, 0.2) is 48.1 Å². The fourth-order valence-electron chi connectivity index (χ4n) is 6.70. The summed E-state index contributed by atoms with van der Waals surface area (Å²) in [5.41, 5.74) is 6.71. The molecule has 2 saturated carbocycles. The van der Waals surface area contributed by atoms with E-state index < -0.39 is 0 Å². The van der Waals surface area contributed by atoms with Crippen LogP contribution in [-0.4, -0.2) is 9.97 Å². The average molecular weight is 347 g/mol. The Labute approximate surface area is 157 Å². The van der Waals surface area contributed by atoms with Crippen LogP contribution < -0.4 is 0 Å². The number of hydrogen-bond donors (Lipinski definition) is 0. The van der Waals surface area contributed by atoms with Gasteiger partial charge >= 0.3 is 0 Å². The summed E-state index contributed by atoms with van der Waals surface area (Å²) in [4.78, 5) is 8.53. The fourth-order valence-corrected chi connectivity index (χ4v) is 6.70. The lowest BCUT2D eigenvalue weighted by molar-refractivity contribution is 0.0682. The minimum Gasteiger partial charge on any atom is -0.244 e. The lowest BCUT2D eigenvalue weighted by Gasteiger charge is -2.56. The van der Waals surface area contributed by atoms with Crippen LogP contribution in [-0.2, 0) is 0 Å². The first kappa shape index (κ1) is 16.5. The van der Waals surface area contributed by atoms with E-state index in [1.165, 1.54) is 49.7 Å². The topological polar surface area (TPSA) is 25.8 Å². The van der Waals surface area contributed by atoms with E-state index in [-0.39, 0.29) is 5.41 Å². The quantitative estimate of drug-likeness (QED) is 0.584. The first-order valence-corrected chi connectivity index (χ1v) is 10.4. The molecular formula is C24H30N2. The molecule has 1 heterocycles. The molecule has 2 heteroatoms. The van der Waals surface area contributed by atoms with Gasteiger partial charge in [0.15, 0.2) is 0 Å². The zero-order valence-electron chi connectivity index (χ0n) is 16.3. The molecule has 0 radical (unpaired) electrons. The molecule has 0 aliphatic heterocycles. The Morgan fingerprint density at radius 2 is 1.85 bits per heavy atom.